The van der Waals surface area contributed by atoms with Gasteiger partial charge < -0.3 is 18.9 Å². The van der Waals surface area contributed by atoms with E-state index < -0.39 is 26.5 Å². The Bertz CT molecular complexity index is 1910. The van der Waals surface area contributed by atoms with E-state index in [4.69, 9.17) is 18.5 Å². The van der Waals surface area contributed by atoms with Crippen LogP contribution in [-0.4, -0.2) is 74.9 Å². The molecule has 2 unspecified atom stereocenters. The third kappa shape index (κ3) is 77.9. The Labute approximate surface area is 583 Å². The van der Waals surface area contributed by atoms with Crippen molar-refractivity contribution in [2.24, 2.45) is 0 Å². The molecule has 9 nitrogen and oxygen atoms in total. The Morgan fingerprint density at radius 1 is 0.340 bits per heavy atom. The van der Waals surface area contributed by atoms with Gasteiger partial charge in [0.1, 0.15) is 19.8 Å². The van der Waals surface area contributed by atoms with E-state index in [2.05, 4.69) is 111 Å². The summed E-state index contributed by atoms with van der Waals surface area (Å²) in [7, 11) is 1.48. The monoisotopic (exact) mass is 1340 g/mol. The van der Waals surface area contributed by atoms with E-state index >= 15 is 0 Å². The number of rotatable bonds is 74. The Morgan fingerprint density at radius 3 is 0.904 bits per heavy atom. The van der Waals surface area contributed by atoms with Crippen LogP contribution in [0.15, 0.2) is 97.2 Å². The summed E-state index contributed by atoms with van der Waals surface area (Å²) in [6.45, 7) is 4.36. The highest BCUT2D eigenvalue weighted by Crippen LogP contribution is 2.43. The molecule has 0 aromatic carbocycles. The van der Waals surface area contributed by atoms with E-state index in [9.17, 15) is 19.0 Å². The number of allylic oxidation sites excluding steroid dienone is 16. The molecule has 2 atom stereocenters. The van der Waals surface area contributed by atoms with E-state index in [1.54, 1.807) is 0 Å². The van der Waals surface area contributed by atoms with E-state index in [0.29, 0.717) is 17.4 Å². The number of esters is 2. The highest BCUT2D eigenvalue weighted by molar-refractivity contribution is 7.47. The molecular weight excluding hydrogens is 1180 g/mol. The maximum Gasteiger partial charge on any atom is 0.472 e. The molecule has 0 aliphatic heterocycles. The lowest BCUT2D eigenvalue weighted by atomic mass is 10.0. The minimum atomic E-state index is -4.40. The number of hydrogen-bond donors (Lipinski definition) is 1. The van der Waals surface area contributed by atoms with Crippen molar-refractivity contribution in [3.05, 3.63) is 97.2 Å². The van der Waals surface area contributed by atoms with Crippen molar-refractivity contribution in [1.29, 1.82) is 0 Å². The number of hydrogen-bond acceptors (Lipinski definition) is 7. The van der Waals surface area contributed by atoms with Gasteiger partial charge in [0.05, 0.1) is 27.7 Å². The number of ether oxygens (including phenoxy) is 2. The van der Waals surface area contributed by atoms with Crippen LogP contribution < -0.4 is 0 Å². The summed E-state index contributed by atoms with van der Waals surface area (Å²) in [6.07, 6.45) is 104. The molecule has 0 aromatic heterocycles. The molecule has 0 aliphatic rings. The van der Waals surface area contributed by atoms with Crippen LogP contribution in [0, 0.1) is 0 Å². The first kappa shape index (κ1) is 90.9. The molecule has 0 amide bonds. The van der Waals surface area contributed by atoms with Crippen molar-refractivity contribution < 1.29 is 42.1 Å². The molecule has 0 saturated carbocycles. The SMILES string of the molecule is CC/C=C\C/C=C\C/C=C\C/C=C\C/C=C\C/C=C\C/C=C\C/C=C\CCCCCCCCCCC(=O)OC(COC(=O)CCCCCCCCCCCCCCCCCCCCCCCCCCCCCCCCCCCCCCC)COP(=O)(O)OCC[N+](C)(C)C. The number of phosphoric acid groups is 1. The molecule has 0 heterocycles. The van der Waals surface area contributed by atoms with Crippen molar-refractivity contribution in [2.45, 2.75) is 380 Å². The molecule has 0 rings (SSSR count). The smallest absolute Gasteiger partial charge is 0.462 e. The summed E-state index contributed by atoms with van der Waals surface area (Å²) in [5.74, 6) is -0.796. The average molecular weight is 1340 g/mol. The second kappa shape index (κ2) is 74.2. The van der Waals surface area contributed by atoms with Crippen LogP contribution in [0.1, 0.15) is 373 Å². The van der Waals surface area contributed by atoms with Crippen LogP contribution >= 0.6 is 7.82 Å². The minimum absolute atomic E-state index is 0.0274. The minimum Gasteiger partial charge on any atom is -0.462 e. The second-order valence-corrected chi connectivity index (χ2v) is 29.5. The van der Waals surface area contributed by atoms with Gasteiger partial charge in [-0.2, -0.15) is 0 Å². The molecule has 546 valence electrons. The van der Waals surface area contributed by atoms with Gasteiger partial charge in [0, 0.05) is 12.8 Å². The zero-order valence-corrected chi connectivity index (χ0v) is 63.3. The van der Waals surface area contributed by atoms with Crippen LogP contribution in [0.3, 0.4) is 0 Å². The maximum absolute atomic E-state index is 12.9. The zero-order chi connectivity index (χ0) is 68.3. The van der Waals surface area contributed by atoms with E-state index in [1.165, 1.54) is 244 Å². The fourth-order valence-electron chi connectivity index (χ4n) is 11.6. The fraction of sp³-hybridized carbons (Fsp3) is 0.786. The molecule has 0 spiro atoms. The summed E-state index contributed by atoms with van der Waals surface area (Å²) in [6, 6.07) is 0. The van der Waals surface area contributed by atoms with E-state index in [1.807, 2.05) is 21.1 Å². The number of carbonyl (C=O) groups is 2. The second-order valence-electron chi connectivity index (χ2n) is 28.1. The first-order valence-corrected chi connectivity index (χ1v) is 41.5. The lowest BCUT2D eigenvalue weighted by Crippen LogP contribution is -2.37. The van der Waals surface area contributed by atoms with Crippen LogP contribution in [0.4, 0.5) is 0 Å². The predicted molar refractivity (Wildman–Crippen MR) is 408 cm³/mol. The molecular formula is C84H153NO8P+. The molecule has 0 fully saturated rings. The lowest BCUT2D eigenvalue weighted by Gasteiger charge is -2.24. The third-order valence-electron chi connectivity index (χ3n) is 17.6. The first-order valence-electron chi connectivity index (χ1n) is 40.0. The van der Waals surface area contributed by atoms with Gasteiger partial charge in [-0.3, -0.25) is 18.6 Å². The third-order valence-corrected chi connectivity index (χ3v) is 18.6. The van der Waals surface area contributed by atoms with Gasteiger partial charge in [-0.1, -0.05) is 381 Å². The highest BCUT2D eigenvalue weighted by atomic mass is 31.2. The number of unbranched alkanes of at least 4 members (excludes halogenated alkanes) is 44. The molecule has 0 bridgehead atoms. The van der Waals surface area contributed by atoms with Gasteiger partial charge in [0.25, 0.3) is 0 Å². The number of nitrogens with zero attached hydrogens (tertiary/aromatic N) is 1. The number of phosphoric ester groups is 1. The van der Waals surface area contributed by atoms with E-state index in [0.717, 1.165) is 96.3 Å². The number of carbonyl (C=O) groups excluding carboxylic acids is 2. The number of quaternary nitrogens is 1. The van der Waals surface area contributed by atoms with Gasteiger partial charge in [-0.25, -0.2) is 4.57 Å². The summed E-state index contributed by atoms with van der Waals surface area (Å²) < 4.78 is 34.8. The average Bonchev–Trinajstić information content (AvgIpc) is 1.56. The first-order chi connectivity index (χ1) is 46.0. The van der Waals surface area contributed by atoms with E-state index in [-0.39, 0.29) is 32.0 Å². The van der Waals surface area contributed by atoms with Crippen LogP contribution in [0.2, 0.25) is 0 Å². The van der Waals surface area contributed by atoms with Gasteiger partial charge in [-0.15, -0.1) is 0 Å². The zero-order valence-electron chi connectivity index (χ0n) is 62.4. The van der Waals surface area contributed by atoms with Crippen molar-refractivity contribution >= 4 is 19.8 Å². The lowest BCUT2D eigenvalue weighted by molar-refractivity contribution is -0.870. The molecule has 0 aliphatic carbocycles. The Morgan fingerprint density at radius 2 is 0.606 bits per heavy atom. The Kier molecular flexibility index (Phi) is 71.7. The van der Waals surface area contributed by atoms with Gasteiger partial charge in [-0.05, 0) is 77.0 Å². The topological polar surface area (TPSA) is 108 Å². The molecule has 0 aromatic rings. The van der Waals surface area contributed by atoms with Crippen LogP contribution in [0.5, 0.6) is 0 Å². The van der Waals surface area contributed by atoms with Crippen LogP contribution in [0.25, 0.3) is 0 Å². The van der Waals surface area contributed by atoms with Crippen molar-refractivity contribution in [3.63, 3.8) is 0 Å². The molecule has 10 heteroatoms. The standard InChI is InChI=1S/C84H152NO8P/c1-6-8-10-12-14-16-18-20-22-24-26-28-30-32-34-36-38-40-41-42-43-45-46-48-50-52-54-56-58-60-62-64-66-68-70-72-74-76-83(86)90-80-82(81-92-94(88,89)91-79-78-85(3,4)5)93-84(87)77-75-73-71-69-67-65-63-61-59-57-55-53-51-49-47-44-39-37-35-33-31-29-27-25-23-21-19-17-15-13-11-9-7-2/h9,11,15,17,21,23,27,29,33,35,39,44,49,51,55,57,82H,6-8,10,12-14,16,18-20,22,24-26,28,30-32,34,36-38,40-43,45-48,50,52-54,56,58-81H2,1-5H3/p+1/b11-9-,17-15-,23-21-,29-27-,35-33-,44-39-,51-49-,57-55-. The van der Waals surface area contributed by atoms with Crippen molar-refractivity contribution in [1.82, 2.24) is 0 Å². The van der Waals surface area contributed by atoms with Crippen LogP contribution in [-0.2, 0) is 32.7 Å². The quantitative estimate of drug-likeness (QED) is 0.0211. The molecule has 0 saturated heterocycles. The summed E-state index contributed by atoms with van der Waals surface area (Å²) >= 11 is 0. The van der Waals surface area contributed by atoms with Gasteiger partial charge >= 0.3 is 19.8 Å². The Hall–Kier alpha value is -3.07. The van der Waals surface area contributed by atoms with Crippen molar-refractivity contribution in [2.75, 3.05) is 47.5 Å². The summed E-state index contributed by atoms with van der Waals surface area (Å²) in [5, 5.41) is 0. The number of likely N-dealkylation sites (N-methyl/N-ethyl adjacent to an activating group) is 1. The largest absolute Gasteiger partial charge is 0.472 e. The fourth-order valence-corrected chi connectivity index (χ4v) is 12.3. The van der Waals surface area contributed by atoms with Gasteiger partial charge in [0.2, 0.25) is 0 Å². The maximum atomic E-state index is 12.9. The summed E-state index contributed by atoms with van der Waals surface area (Å²) in [4.78, 5) is 36.0. The predicted octanol–water partition coefficient (Wildman–Crippen LogP) is 26.6. The van der Waals surface area contributed by atoms with Crippen molar-refractivity contribution in [3.8, 4) is 0 Å². The summed E-state index contributed by atoms with van der Waals surface area (Å²) in [5.41, 5.74) is 0. The highest BCUT2D eigenvalue weighted by Gasteiger charge is 2.27. The molecule has 94 heavy (non-hydrogen) atoms. The normalized spacial score (nSPS) is 13.6. The van der Waals surface area contributed by atoms with Gasteiger partial charge in [0.15, 0.2) is 6.10 Å². The molecule has 1 N–H and O–H groups in total. The Balaban J connectivity index is 3.98. The molecule has 0 radical (unpaired) electrons.